The van der Waals surface area contributed by atoms with Crippen molar-refractivity contribution in [2.45, 2.75) is 12.5 Å². The molecule has 3 aromatic rings. The molecule has 0 fully saturated rings. The Hall–Kier alpha value is -2.33. The third kappa shape index (κ3) is 3.23. The highest BCUT2D eigenvalue weighted by molar-refractivity contribution is 5.78. The van der Waals surface area contributed by atoms with Gasteiger partial charge in [0.2, 0.25) is 0 Å². The molecule has 0 aliphatic carbocycles. The first kappa shape index (κ1) is 13.6. The molecule has 4 heteroatoms. The van der Waals surface area contributed by atoms with Gasteiger partial charge in [0, 0.05) is 11.8 Å². The van der Waals surface area contributed by atoms with Crippen molar-refractivity contribution < 1.29 is 13.5 Å². The Bertz CT molecular complexity index is 724. The third-order valence-electron chi connectivity index (χ3n) is 3.30. The number of nitrogens with two attached hydrogens (primary N) is 1. The van der Waals surface area contributed by atoms with Gasteiger partial charge in [-0.25, -0.2) is 4.39 Å². The van der Waals surface area contributed by atoms with Crippen molar-refractivity contribution >= 4 is 11.0 Å². The third-order valence-corrected chi connectivity index (χ3v) is 3.30. The molecule has 108 valence electrons. The summed E-state index contributed by atoms with van der Waals surface area (Å²) in [6.07, 6.45) is 0.622. The largest absolute Gasteiger partial charge is 0.494 e. The summed E-state index contributed by atoms with van der Waals surface area (Å²) >= 11 is 0. The van der Waals surface area contributed by atoms with Crippen LogP contribution in [-0.4, -0.2) is 6.61 Å². The van der Waals surface area contributed by atoms with Gasteiger partial charge in [-0.2, -0.15) is 0 Å². The Morgan fingerprint density at radius 2 is 1.90 bits per heavy atom. The van der Waals surface area contributed by atoms with Gasteiger partial charge in [-0.1, -0.05) is 18.2 Å². The van der Waals surface area contributed by atoms with Crippen LogP contribution >= 0.6 is 0 Å². The standard InChI is InChI=1S/C17H16FNO2/c18-13-6-7-16-12(10-13)11-17(21-16)15(19)8-9-20-14-4-2-1-3-5-14/h1-7,10-11,15H,8-9,19H2. The molecule has 0 aliphatic rings. The molecule has 0 spiro atoms. The second-order valence-electron chi connectivity index (χ2n) is 4.89. The first-order chi connectivity index (χ1) is 10.2. The summed E-state index contributed by atoms with van der Waals surface area (Å²) in [5.74, 6) is 1.18. The normalized spacial score (nSPS) is 12.5. The number of halogens is 1. The van der Waals surface area contributed by atoms with Crippen molar-refractivity contribution in [1.82, 2.24) is 0 Å². The molecule has 0 saturated carbocycles. The quantitative estimate of drug-likeness (QED) is 0.769. The van der Waals surface area contributed by atoms with Crippen LogP contribution in [0.1, 0.15) is 18.2 Å². The zero-order valence-electron chi connectivity index (χ0n) is 11.5. The number of ether oxygens (including phenoxy) is 1. The first-order valence-corrected chi connectivity index (χ1v) is 6.85. The average Bonchev–Trinajstić information content (AvgIpc) is 2.91. The van der Waals surface area contributed by atoms with E-state index in [2.05, 4.69) is 0 Å². The second-order valence-corrected chi connectivity index (χ2v) is 4.89. The molecule has 2 aromatic carbocycles. The fourth-order valence-electron chi connectivity index (χ4n) is 2.18. The number of fused-ring (bicyclic) bond motifs is 1. The Kier molecular flexibility index (Phi) is 3.88. The fraction of sp³-hybridized carbons (Fsp3) is 0.176. The molecule has 0 bridgehead atoms. The van der Waals surface area contributed by atoms with E-state index >= 15 is 0 Å². The van der Waals surface area contributed by atoms with Crippen molar-refractivity contribution in [3.8, 4) is 5.75 Å². The van der Waals surface area contributed by atoms with Crippen molar-refractivity contribution in [1.29, 1.82) is 0 Å². The van der Waals surface area contributed by atoms with Crippen LogP contribution in [0.4, 0.5) is 4.39 Å². The zero-order valence-corrected chi connectivity index (χ0v) is 11.5. The number of hydrogen-bond donors (Lipinski definition) is 1. The number of para-hydroxylation sites is 1. The summed E-state index contributed by atoms with van der Waals surface area (Å²) in [6, 6.07) is 15.5. The maximum absolute atomic E-state index is 13.1. The molecule has 3 rings (SSSR count). The van der Waals surface area contributed by atoms with Crippen molar-refractivity contribution in [3.63, 3.8) is 0 Å². The highest BCUT2D eigenvalue weighted by Gasteiger charge is 2.12. The van der Waals surface area contributed by atoms with E-state index in [1.165, 1.54) is 12.1 Å². The van der Waals surface area contributed by atoms with E-state index in [1.54, 1.807) is 12.1 Å². The molecule has 0 radical (unpaired) electrons. The maximum atomic E-state index is 13.1. The Balaban J connectivity index is 1.62. The summed E-state index contributed by atoms with van der Waals surface area (Å²) in [4.78, 5) is 0. The molecule has 1 heterocycles. The van der Waals surface area contributed by atoms with E-state index in [9.17, 15) is 4.39 Å². The van der Waals surface area contributed by atoms with Crippen molar-refractivity contribution in [2.24, 2.45) is 5.73 Å². The lowest BCUT2D eigenvalue weighted by molar-refractivity contribution is 0.291. The first-order valence-electron chi connectivity index (χ1n) is 6.85. The number of rotatable bonds is 5. The molecule has 1 aromatic heterocycles. The number of hydrogen-bond acceptors (Lipinski definition) is 3. The molecule has 0 aliphatic heterocycles. The Morgan fingerprint density at radius 1 is 1.10 bits per heavy atom. The molecule has 1 atom stereocenters. The van der Waals surface area contributed by atoms with E-state index < -0.39 is 0 Å². The van der Waals surface area contributed by atoms with Gasteiger partial charge in [0.05, 0.1) is 12.6 Å². The average molecular weight is 285 g/mol. The van der Waals surface area contributed by atoms with Crippen molar-refractivity contribution in [2.75, 3.05) is 6.61 Å². The van der Waals surface area contributed by atoms with Crippen LogP contribution < -0.4 is 10.5 Å². The second kappa shape index (κ2) is 5.97. The van der Waals surface area contributed by atoms with Gasteiger partial charge in [0.15, 0.2) is 0 Å². The fourth-order valence-corrected chi connectivity index (χ4v) is 2.18. The van der Waals surface area contributed by atoms with E-state index in [4.69, 9.17) is 14.9 Å². The lowest BCUT2D eigenvalue weighted by Crippen LogP contribution is -2.13. The summed E-state index contributed by atoms with van der Waals surface area (Å²) in [6.45, 7) is 0.497. The SMILES string of the molecule is NC(CCOc1ccccc1)c1cc2cc(F)ccc2o1. The predicted octanol–water partition coefficient (Wildman–Crippen LogP) is 4.04. The zero-order chi connectivity index (χ0) is 14.7. The monoisotopic (exact) mass is 285 g/mol. The summed E-state index contributed by atoms with van der Waals surface area (Å²) < 4.78 is 24.4. The van der Waals surface area contributed by atoms with Gasteiger partial charge in [-0.15, -0.1) is 0 Å². The van der Waals surface area contributed by atoms with Gasteiger partial charge in [0.25, 0.3) is 0 Å². The van der Waals surface area contributed by atoms with E-state index in [0.29, 0.717) is 24.4 Å². The molecule has 0 amide bonds. The lowest BCUT2D eigenvalue weighted by Gasteiger charge is -2.10. The van der Waals surface area contributed by atoms with Gasteiger partial charge in [-0.05, 0) is 36.4 Å². The topological polar surface area (TPSA) is 48.4 Å². The van der Waals surface area contributed by atoms with Crippen LogP contribution in [0, 0.1) is 5.82 Å². The molecule has 0 saturated heterocycles. The lowest BCUT2D eigenvalue weighted by atomic mass is 10.1. The van der Waals surface area contributed by atoms with Crippen LogP contribution in [0.3, 0.4) is 0 Å². The van der Waals surface area contributed by atoms with Crippen LogP contribution in [0.5, 0.6) is 5.75 Å². The van der Waals surface area contributed by atoms with Crippen LogP contribution in [-0.2, 0) is 0 Å². The summed E-state index contributed by atoms with van der Waals surface area (Å²) in [5.41, 5.74) is 6.74. The van der Waals surface area contributed by atoms with Gasteiger partial charge in [-0.3, -0.25) is 0 Å². The molecular weight excluding hydrogens is 269 g/mol. The van der Waals surface area contributed by atoms with Gasteiger partial charge < -0.3 is 14.9 Å². The van der Waals surface area contributed by atoms with Crippen LogP contribution in [0.2, 0.25) is 0 Å². The van der Waals surface area contributed by atoms with E-state index in [0.717, 1.165) is 11.1 Å². The minimum Gasteiger partial charge on any atom is -0.494 e. The van der Waals surface area contributed by atoms with E-state index in [-0.39, 0.29) is 11.9 Å². The highest BCUT2D eigenvalue weighted by atomic mass is 19.1. The number of benzene rings is 2. The predicted molar refractivity (Wildman–Crippen MR) is 79.7 cm³/mol. The Labute approximate surface area is 122 Å². The van der Waals surface area contributed by atoms with Crippen LogP contribution in [0.25, 0.3) is 11.0 Å². The summed E-state index contributed by atoms with van der Waals surface area (Å²) in [5, 5.41) is 0.726. The molecule has 21 heavy (non-hydrogen) atoms. The minimum atomic E-state index is -0.282. The maximum Gasteiger partial charge on any atom is 0.134 e. The van der Waals surface area contributed by atoms with E-state index in [1.807, 2.05) is 30.3 Å². The van der Waals surface area contributed by atoms with Crippen molar-refractivity contribution in [3.05, 3.63) is 66.2 Å². The van der Waals surface area contributed by atoms with Gasteiger partial charge in [0.1, 0.15) is 22.9 Å². The van der Waals surface area contributed by atoms with Crippen LogP contribution in [0.15, 0.2) is 59.0 Å². The molecule has 1 unspecified atom stereocenters. The minimum absolute atomic E-state index is 0.274. The van der Waals surface area contributed by atoms with Gasteiger partial charge >= 0.3 is 0 Å². The Morgan fingerprint density at radius 3 is 2.71 bits per heavy atom. The molecular formula is C17H16FNO2. The smallest absolute Gasteiger partial charge is 0.134 e. The summed E-state index contributed by atoms with van der Waals surface area (Å²) in [7, 11) is 0. The molecule has 2 N–H and O–H groups in total. The molecule has 3 nitrogen and oxygen atoms in total. The number of furan rings is 1. The highest BCUT2D eigenvalue weighted by Crippen LogP contribution is 2.25.